The number of aromatic nitrogens is 3. The van der Waals surface area contributed by atoms with Crippen LogP contribution in [0.5, 0.6) is 0 Å². The van der Waals surface area contributed by atoms with E-state index in [4.69, 9.17) is 0 Å². The zero-order valence-electron chi connectivity index (χ0n) is 41.7. The van der Waals surface area contributed by atoms with Gasteiger partial charge in [-0.05, 0) is 190 Å². The summed E-state index contributed by atoms with van der Waals surface area (Å²) in [6.07, 6.45) is 3.44. The number of hydrogen-bond donors (Lipinski definition) is 0. The highest BCUT2D eigenvalue weighted by molar-refractivity contribution is 6.13. The summed E-state index contributed by atoms with van der Waals surface area (Å²) in [5.74, 6) is 0. The first-order chi connectivity index (χ1) is 39.2. The third kappa shape index (κ3) is 8.17. The average Bonchev–Trinajstić information content (AvgIpc) is 4.25. The number of nitriles is 9. The van der Waals surface area contributed by atoms with E-state index in [0.29, 0.717) is 89.1 Å². The second-order valence-electron chi connectivity index (χ2n) is 18.9. The lowest BCUT2D eigenvalue weighted by atomic mass is 9.97. The van der Waals surface area contributed by atoms with Crippen molar-refractivity contribution in [2.75, 3.05) is 0 Å². The minimum absolute atomic E-state index is 0.344. The molecule has 3 heterocycles. The SMILES string of the molecule is N#Cc1cc(C#N)cc(-c2ccc3c(c2)c2cc(-c4cc(C#N)cc(C#N)c4)ccc2n3-c2ccc(C#N)c(-c3cnccc3-n3c4ccc(-c5cc(C#N)cc(C#N)c5)cc4c4cc(-c5cc(C#N)cc(C#N)c5)ccc43)c2)c1. The van der Waals surface area contributed by atoms with E-state index in [9.17, 15) is 47.4 Å². The molecule has 3 aromatic heterocycles. The summed E-state index contributed by atoms with van der Waals surface area (Å²) in [7, 11) is 0. The van der Waals surface area contributed by atoms with Crippen molar-refractivity contribution >= 4 is 43.6 Å². The first-order valence-electron chi connectivity index (χ1n) is 24.6. The summed E-state index contributed by atoms with van der Waals surface area (Å²) in [6.45, 7) is 0. The molecule has 0 saturated carbocycles. The Hall–Kier alpha value is -12.9. The Balaban J connectivity index is 1.08. The molecule has 0 amide bonds. The fourth-order valence-electron chi connectivity index (χ4n) is 10.8. The van der Waals surface area contributed by atoms with E-state index >= 15 is 0 Å². The monoisotopic (exact) mass is 1010 g/mol. The molecule has 0 N–H and O–H groups in total. The third-order valence-corrected chi connectivity index (χ3v) is 14.3. The fourth-order valence-corrected chi connectivity index (χ4v) is 10.8. The third-order valence-electron chi connectivity index (χ3n) is 14.3. The van der Waals surface area contributed by atoms with E-state index in [1.54, 1.807) is 91.3 Å². The van der Waals surface area contributed by atoms with Crippen LogP contribution >= 0.6 is 0 Å². The number of nitrogens with zero attached hydrogens (tertiary/aromatic N) is 12. The zero-order chi connectivity index (χ0) is 55.2. The minimum Gasteiger partial charge on any atom is -0.309 e. The molecule has 12 nitrogen and oxygen atoms in total. The number of pyridine rings is 1. The summed E-state index contributed by atoms with van der Waals surface area (Å²) >= 11 is 0. The summed E-state index contributed by atoms with van der Waals surface area (Å²) < 4.78 is 4.22. The van der Waals surface area contributed by atoms with Crippen LogP contribution in [0.1, 0.15) is 50.1 Å². The highest BCUT2D eigenvalue weighted by atomic mass is 15.0. The molecule has 0 unspecified atom stereocenters. The van der Waals surface area contributed by atoms with E-state index in [0.717, 1.165) is 71.6 Å². The molecule has 0 aliphatic rings. The molecule has 0 spiro atoms. The van der Waals surface area contributed by atoms with Gasteiger partial charge >= 0.3 is 0 Å². The quantitative estimate of drug-likeness (QED) is 0.146. The Morgan fingerprint density at radius 2 is 0.600 bits per heavy atom. The number of hydrogen-bond acceptors (Lipinski definition) is 10. The van der Waals surface area contributed by atoms with Gasteiger partial charge in [0.1, 0.15) is 0 Å². The Morgan fingerprint density at radius 3 is 0.912 bits per heavy atom. The second-order valence-corrected chi connectivity index (χ2v) is 18.9. The van der Waals surface area contributed by atoms with Crippen molar-refractivity contribution in [1.82, 2.24) is 14.1 Å². The van der Waals surface area contributed by atoms with Crippen LogP contribution in [-0.2, 0) is 0 Å². The summed E-state index contributed by atoms with van der Waals surface area (Å²) in [6, 6.07) is 71.3. The smallest absolute Gasteiger partial charge is 0.0998 e. The van der Waals surface area contributed by atoms with Gasteiger partial charge in [-0.15, -0.1) is 0 Å². The maximum absolute atomic E-state index is 10.9. The van der Waals surface area contributed by atoms with Crippen LogP contribution in [0.2, 0.25) is 0 Å². The van der Waals surface area contributed by atoms with Gasteiger partial charge in [0, 0.05) is 50.8 Å². The number of benzene rings is 9. The lowest BCUT2D eigenvalue weighted by molar-refractivity contribution is 1.15. The highest BCUT2D eigenvalue weighted by Gasteiger charge is 2.22. The van der Waals surface area contributed by atoms with Gasteiger partial charge in [0.25, 0.3) is 0 Å². The standard InChI is InChI=1S/C68H30N12/c69-30-40-13-41(31-70)18-53(17-40)48-2-7-64-59(25-48)60-26-49(54-19-42(32-71)14-43(20-54)33-72)3-8-65(60)79(64)57-6-1-52(38-77)58(29-57)63-39-78-12-11-68(63)80-66-9-4-50(55-21-44(34-73)15-45(22-55)35-74)27-61(66)62-28-51(5-10-67(62)80)56-23-46(36-75)16-47(24-56)37-76/h1-29,39H. The highest BCUT2D eigenvalue weighted by Crippen LogP contribution is 2.43. The maximum atomic E-state index is 10.9. The molecular formula is C68H30N12. The lowest BCUT2D eigenvalue weighted by Crippen LogP contribution is -2.01. The Labute approximate surface area is 456 Å². The lowest BCUT2D eigenvalue weighted by Gasteiger charge is -2.16. The van der Waals surface area contributed by atoms with Crippen LogP contribution in [0.15, 0.2) is 182 Å². The van der Waals surface area contributed by atoms with Crippen LogP contribution in [-0.4, -0.2) is 14.1 Å². The minimum atomic E-state index is 0.344. The molecule has 0 atom stereocenters. The van der Waals surface area contributed by atoms with E-state index in [-0.39, 0.29) is 0 Å². The molecule has 0 fully saturated rings. The second kappa shape index (κ2) is 19.4. The molecule has 0 aliphatic carbocycles. The van der Waals surface area contributed by atoms with Gasteiger partial charge in [-0.25, -0.2) is 0 Å². The van der Waals surface area contributed by atoms with Gasteiger partial charge in [0.15, 0.2) is 0 Å². The normalized spacial score (nSPS) is 10.6. The van der Waals surface area contributed by atoms with Crippen LogP contribution in [0.3, 0.4) is 0 Å². The van der Waals surface area contributed by atoms with Gasteiger partial charge in [-0.1, -0.05) is 24.3 Å². The van der Waals surface area contributed by atoms with Crippen molar-refractivity contribution in [3.8, 4) is 122 Å². The van der Waals surface area contributed by atoms with Crippen molar-refractivity contribution in [2.24, 2.45) is 0 Å². The van der Waals surface area contributed by atoms with Crippen molar-refractivity contribution < 1.29 is 0 Å². The zero-order valence-corrected chi connectivity index (χ0v) is 41.7. The number of rotatable bonds is 7. The summed E-state index contributed by atoms with van der Waals surface area (Å²) in [5.41, 5.74) is 14.8. The van der Waals surface area contributed by atoms with Crippen molar-refractivity contribution in [1.29, 1.82) is 47.4 Å². The molecule has 9 aromatic carbocycles. The van der Waals surface area contributed by atoms with Gasteiger partial charge < -0.3 is 9.13 Å². The Morgan fingerprint density at radius 1 is 0.275 bits per heavy atom. The fraction of sp³-hybridized carbons (Fsp3) is 0. The molecule has 12 heteroatoms. The largest absolute Gasteiger partial charge is 0.309 e. The van der Waals surface area contributed by atoms with Gasteiger partial charge in [-0.2, -0.15) is 47.4 Å². The molecule has 0 bridgehead atoms. The van der Waals surface area contributed by atoms with E-state index in [2.05, 4.69) is 68.7 Å². The van der Waals surface area contributed by atoms with Crippen LogP contribution in [0.25, 0.3) is 111 Å². The molecule has 0 aliphatic heterocycles. The molecule has 80 heavy (non-hydrogen) atoms. The molecule has 12 aromatic rings. The van der Waals surface area contributed by atoms with Gasteiger partial charge in [-0.3, -0.25) is 4.98 Å². The van der Waals surface area contributed by atoms with E-state index < -0.39 is 0 Å². The Bertz CT molecular complexity index is 4750. The molecule has 12 rings (SSSR count). The summed E-state index contributed by atoms with van der Waals surface area (Å²) in [5, 5.41) is 93.4. The molecule has 0 radical (unpaired) electrons. The first-order valence-corrected chi connectivity index (χ1v) is 24.6. The predicted molar refractivity (Wildman–Crippen MR) is 303 cm³/mol. The molecular weight excluding hydrogens is 985 g/mol. The van der Waals surface area contributed by atoms with E-state index in [1.807, 2.05) is 91.0 Å². The van der Waals surface area contributed by atoms with Crippen LogP contribution < -0.4 is 0 Å². The molecule has 362 valence electrons. The van der Waals surface area contributed by atoms with Crippen molar-refractivity contribution in [3.63, 3.8) is 0 Å². The predicted octanol–water partition coefficient (Wildman–Crippen LogP) is 14.5. The number of fused-ring (bicyclic) bond motifs is 6. The maximum Gasteiger partial charge on any atom is 0.0998 e. The summed E-state index contributed by atoms with van der Waals surface area (Å²) in [4.78, 5) is 4.64. The van der Waals surface area contributed by atoms with Gasteiger partial charge in [0.05, 0.1) is 132 Å². The topological polar surface area (TPSA) is 237 Å². The average molecular weight is 1020 g/mol. The van der Waals surface area contributed by atoms with Crippen molar-refractivity contribution in [3.05, 3.63) is 232 Å². The Kier molecular flexibility index (Phi) is 11.7. The molecule has 0 saturated heterocycles. The van der Waals surface area contributed by atoms with Crippen LogP contribution in [0, 0.1) is 102 Å². The van der Waals surface area contributed by atoms with E-state index in [1.165, 1.54) is 0 Å². The van der Waals surface area contributed by atoms with Crippen LogP contribution in [0.4, 0.5) is 0 Å². The van der Waals surface area contributed by atoms with Crippen molar-refractivity contribution in [2.45, 2.75) is 0 Å². The van der Waals surface area contributed by atoms with Gasteiger partial charge in [0.2, 0.25) is 0 Å². The first kappa shape index (κ1) is 48.1.